The molecule has 2 aromatic rings. The van der Waals surface area contributed by atoms with E-state index in [0.29, 0.717) is 23.1 Å². The van der Waals surface area contributed by atoms with Crippen LogP contribution >= 0.6 is 11.6 Å². The Hall–Kier alpha value is -2.05. The van der Waals surface area contributed by atoms with E-state index in [-0.39, 0.29) is 5.69 Å². The number of methoxy groups -OCH3 is 1. The monoisotopic (exact) mass is 304 g/mol. The predicted molar refractivity (Wildman–Crippen MR) is 77.0 cm³/mol. The average molecular weight is 305 g/mol. The van der Waals surface area contributed by atoms with E-state index in [1.807, 2.05) is 0 Å². The molecule has 0 unspecified atom stereocenters. The van der Waals surface area contributed by atoms with Crippen LogP contribution in [0.3, 0.4) is 0 Å². The van der Waals surface area contributed by atoms with Gasteiger partial charge < -0.3 is 10.1 Å². The van der Waals surface area contributed by atoms with Crippen LogP contribution in [0.4, 0.5) is 0 Å². The lowest BCUT2D eigenvalue weighted by Gasteiger charge is -2.19. The summed E-state index contributed by atoms with van der Waals surface area (Å²) in [7, 11) is 1.33. The summed E-state index contributed by atoms with van der Waals surface area (Å²) >= 11 is 6.14. The number of nitrogens with one attached hydrogen (secondary N) is 1. The minimum atomic E-state index is -0.481. The van der Waals surface area contributed by atoms with E-state index in [1.165, 1.54) is 7.11 Å². The molecule has 0 bridgehead atoms. The second-order valence-corrected chi connectivity index (χ2v) is 4.98. The number of carbonyl (C=O) groups excluding carboxylic acids is 1. The molecule has 6 nitrogen and oxygen atoms in total. The van der Waals surface area contributed by atoms with Crippen molar-refractivity contribution in [3.05, 3.63) is 40.3 Å². The van der Waals surface area contributed by atoms with Crippen molar-refractivity contribution in [1.29, 1.82) is 0 Å². The van der Waals surface area contributed by atoms with Crippen LogP contribution in [-0.2, 0) is 17.7 Å². The molecule has 1 aliphatic rings. The molecule has 0 atom stereocenters. The number of esters is 1. The molecule has 7 heteroatoms. The van der Waals surface area contributed by atoms with E-state index in [2.05, 4.69) is 20.3 Å². The lowest BCUT2D eigenvalue weighted by atomic mass is 10.0. The van der Waals surface area contributed by atoms with Gasteiger partial charge in [0.2, 0.25) is 0 Å². The third-order valence-electron chi connectivity index (χ3n) is 3.28. The van der Waals surface area contributed by atoms with Crippen molar-refractivity contribution in [3.63, 3.8) is 0 Å². The number of ether oxygens (including phenoxy) is 1. The van der Waals surface area contributed by atoms with Crippen molar-refractivity contribution in [2.75, 3.05) is 13.7 Å². The lowest BCUT2D eigenvalue weighted by molar-refractivity contribution is 0.0592. The summed E-state index contributed by atoms with van der Waals surface area (Å²) in [4.78, 5) is 25.0. The fourth-order valence-electron chi connectivity index (χ4n) is 2.26. The molecule has 21 heavy (non-hydrogen) atoms. The highest BCUT2D eigenvalue weighted by Gasteiger charge is 2.23. The Bertz CT molecular complexity index is 705. The zero-order valence-corrected chi connectivity index (χ0v) is 12.1. The Balaban J connectivity index is 2.19. The second kappa shape index (κ2) is 5.75. The van der Waals surface area contributed by atoms with E-state index in [1.54, 1.807) is 18.3 Å². The van der Waals surface area contributed by atoms with Gasteiger partial charge in [-0.15, -0.1) is 0 Å². The maximum atomic E-state index is 12.0. The molecule has 0 spiro atoms. The maximum Gasteiger partial charge on any atom is 0.357 e. The summed E-state index contributed by atoms with van der Waals surface area (Å²) < 4.78 is 4.81. The standard InChI is InChI=1S/C14H13ClN4O2/c1-21-14(20)11-8-7-16-6-4-10(8)18-13(19-11)12-9(15)3-2-5-17-12/h2-3,5,16H,4,6-7H2,1H3. The van der Waals surface area contributed by atoms with Crippen LogP contribution < -0.4 is 5.32 Å². The summed E-state index contributed by atoms with van der Waals surface area (Å²) in [6.45, 7) is 1.36. The summed E-state index contributed by atoms with van der Waals surface area (Å²) in [6, 6.07) is 3.45. The number of rotatable bonds is 2. The summed E-state index contributed by atoms with van der Waals surface area (Å²) in [6.07, 6.45) is 2.34. The van der Waals surface area contributed by atoms with Crippen LogP contribution in [0.2, 0.25) is 5.02 Å². The topological polar surface area (TPSA) is 77.0 Å². The van der Waals surface area contributed by atoms with Gasteiger partial charge in [0.05, 0.1) is 17.8 Å². The smallest absolute Gasteiger partial charge is 0.357 e. The lowest BCUT2D eigenvalue weighted by Crippen LogP contribution is -2.28. The first-order chi connectivity index (χ1) is 10.2. The molecule has 0 aliphatic carbocycles. The zero-order valence-electron chi connectivity index (χ0n) is 11.4. The molecular formula is C14H13ClN4O2. The van der Waals surface area contributed by atoms with Gasteiger partial charge in [-0.25, -0.2) is 14.8 Å². The van der Waals surface area contributed by atoms with Gasteiger partial charge in [-0.05, 0) is 12.1 Å². The van der Waals surface area contributed by atoms with Crippen molar-refractivity contribution < 1.29 is 9.53 Å². The first kappa shape index (κ1) is 13.9. The zero-order chi connectivity index (χ0) is 14.8. The third-order valence-corrected chi connectivity index (χ3v) is 3.59. The number of halogens is 1. The molecule has 2 aromatic heterocycles. The van der Waals surface area contributed by atoms with Gasteiger partial charge in [0.25, 0.3) is 0 Å². The molecule has 108 valence electrons. The molecule has 3 rings (SSSR count). The minimum absolute atomic E-state index is 0.270. The van der Waals surface area contributed by atoms with Gasteiger partial charge in [-0.1, -0.05) is 11.6 Å². The third kappa shape index (κ3) is 2.59. The fraction of sp³-hybridized carbons (Fsp3) is 0.286. The largest absolute Gasteiger partial charge is 0.464 e. The number of aromatic nitrogens is 3. The Morgan fingerprint density at radius 3 is 3.05 bits per heavy atom. The number of hydrogen-bond donors (Lipinski definition) is 1. The van der Waals surface area contributed by atoms with Gasteiger partial charge in [-0.2, -0.15) is 0 Å². The average Bonchev–Trinajstić information content (AvgIpc) is 2.53. The van der Waals surface area contributed by atoms with Crippen molar-refractivity contribution in [1.82, 2.24) is 20.3 Å². The molecular weight excluding hydrogens is 292 g/mol. The summed E-state index contributed by atoms with van der Waals surface area (Å²) in [5.74, 6) is -0.132. The summed E-state index contributed by atoms with van der Waals surface area (Å²) in [5.41, 5.74) is 2.35. The van der Waals surface area contributed by atoms with Crippen LogP contribution in [0.1, 0.15) is 21.7 Å². The maximum absolute atomic E-state index is 12.0. The minimum Gasteiger partial charge on any atom is -0.464 e. The number of nitrogens with zero attached hydrogens (tertiary/aromatic N) is 3. The SMILES string of the molecule is COC(=O)c1nc(-c2ncccc2Cl)nc2c1CNCC2. The van der Waals surface area contributed by atoms with Crippen molar-refractivity contribution in [2.24, 2.45) is 0 Å². The molecule has 1 N–H and O–H groups in total. The van der Waals surface area contributed by atoms with Crippen LogP contribution in [0.5, 0.6) is 0 Å². The Labute approximate surface area is 126 Å². The summed E-state index contributed by atoms with van der Waals surface area (Å²) in [5, 5.41) is 3.65. The molecule has 0 saturated carbocycles. The highest BCUT2D eigenvalue weighted by atomic mass is 35.5. The predicted octanol–water partition coefficient (Wildman–Crippen LogP) is 1.62. The van der Waals surface area contributed by atoms with E-state index in [9.17, 15) is 4.79 Å². The van der Waals surface area contributed by atoms with Crippen LogP contribution in [0.15, 0.2) is 18.3 Å². The second-order valence-electron chi connectivity index (χ2n) is 4.57. The molecule has 0 saturated heterocycles. The number of fused-ring (bicyclic) bond motifs is 1. The van der Waals surface area contributed by atoms with Gasteiger partial charge in [0.1, 0.15) is 5.69 Å². The highest BCUT2D eigenvalue weighted by Crippen LogP contribution is 2.25. The number of carbonyl (C=O) groups is 1. The van der Waals surface area contributed by atoms with Crippen LogP contribution in [0.25, 0.3) is 11.5 Å². The first-order valence-corrected chi connectivity index (χ1v) is 6.88. The normalized spacial score (nSPS) is 13.6. The quantitative estimate of drug-likeness (QED) is 0.850. The molecule has 0 radical (unpaired) electrons. The van der Waals surface area contributed by atoms with E-state index >= 15 is 0 Å². The molecule has 0 fully saturated rings. The van der Waals surface area contributed by atoms with E-state index < -0.39 is 5.97 Å². The first-order valence-electron chi connectivity index (χ1n) is 6.50. The van der Waals surface area contributed by atoms with Gasteiger partial charge in [0, 0.05) is 31.3 Å². The number of hydrogen-bond acceptors (Lipinski definition) is 6. The van der Waals surface area contributed by atoms with Gasteiger partial charge >= 0.3 is 5.97 Å². The van der Waals surface area contributed by atoms with Crippen molar-refractivity contribution in [3.8, 4) is 11.5 Å². The Morgan fingerprint density at radius 1 is 1.43 bits per heavy atom. The van der Waals surface area contributed by atoms with Crippen LogP contribution in [0, 0.1) is 0 Å². The molecule has 0 aromatic carbocycles. The van der Waals surface area contributed by atoms with E-state index in [0.717, 1.165) is 24.2 Å². The van der Waals surface area contributed by atoms with Gasteiger partial charge in [-0.3, -0.25) is 4.98 Å². The van der Waals surface area contributed by atoms with Crippen LogP contribution in [-0.4, -0.2) is 34.6 Å². The molecule has 1 aliphatic heterocycles. The van der Waals surface area contributed by atoms with E-state index in [4.69, 9.17) is 16.3 Å². The van der Waals surface area contributed by atoms with Crippen molar-refractivity contribution >= 4 is 17.6 Å². The Kier molecular flexibility index (Phi) is 3.81. The van der Waals surface area contributed by atoms with Crippen molar-refractivity contribution in [2.45, 2.75) is 13.0 Å². The van der Waals surface area contributed by atoms with Gasteiger partial charge in [0.15, 0.2) is 11.5 Å². The number of pyridine rings is 1. The Morgan fingerprint density at radius 2 is 2.29 bits per heavy atom. The molecule has 0 amide bonds. The fourth-order valence-corrected chi connectivity index (χ4v) is 2.47. The molecule has 3 heterocycles. The highest BCUT2D eigenvalue weighted by molar-refractivity contribution is 6.32.